The molecule has 0 atom stereocenters. The predicted octanol–water partition coefficient (Wildman–Crippen LogP) is 2.86. The second kappa shape index (κ2) is 12.9. The van der Waals surface area contributed by atoms with Gasteiger partial charge in [-0.1, -0.05) is 51.9 Å². The van der Waals surface area contributed by atoms with Gasteiger partial charge in [-0.15, -0.1) is 0 Å². The standard InChI is InChI=1S/C12H27N.H2O/c1-4-5-6-7-8-9-10-11-12-13(2)3;/h4-12H2,1-3H3;1H2. The van der Waals surface area contributed by atoms with Crippen LogP contribution in [0.25, 0.3) is 0 Å². The van der Waals surface area contributed by atoms with Crippen LogP contribution in [0.1, 0.15) is 58.3 Å². The Labute approximate surface area is 90.0 Å². The first-order chi connectivity index (χ1) is 6.27. The fraction of sp³-hybridized carbons (Fsp3) is 1.00. The third kappa shape index (κ3) is 14.4. The molecule has 0 aliphatic carbocycles. The van der Waals surface area contributed by atoms with Gasteiger partial charge in [0.15, 0.2) is 0 Å². The minimum absolute atomic E-state index is 0. The fourth-order valence-electron chi connectivity index (χ4n) is 1.56. The largest absolute Gasteiger partial charge is 0.412 e. The SMILES string of the molecule is CCCCCCCCCCN(C)C.O. The van der Waals surface area contributed by atoms with Crippen molar-refractivity contribution in [3.63, 3.8) is 0 Å². The van der Waals surface area contributed by atoms with Crippen LogP contribution in [-0.4, -0.2) is 31.0 Å². The Balaban J connectivity index is 0. The van der Waals surface area contributed by atoms with Crippen molar-refractivity contribution < 1.29 is 5.48 Å². The van der Waals surface area contributed by atoms with Crippen LogP contribution in [-0.2, 0) is 0 Å². The highest BCUT2D eigenvalue weighted by molar-refractivity contribution is 4.48. The van der Waals surface area contributed by atoms with Crippen molar-refractivity contribution in [2.45, 2.75) is 58.3 Å². The third-order valence-electron chi connectivity index (χ3n) is 2.46. The lowest BCUT2D eigenvalue weighted by Gasteiger charge is -2.08. The molecule has 2 heteroatoms. The van der Waals surface area contributed by atoms with Crippen LogP contribution in [0, 0.1) is 0 Å². The number of unbranched alkanes of at least 4 members (excludes halogenated alkanes) is 7. The highest BCUT2D eigenvalue weighted by Gasteiger charge is 1.92. The summed E-state index contributed by atoms with van der Waals surface area (Å²) < 4.78 is 0. The van der Waals surface area contributed by atoms with Gasteiger partial charge >= 0.3 is 0 Å². The molecule has 2 nitrogen and oxygen atoms in total. The van der Waals surface area contributed by atoms with Crippen LogP contribution in [0.3, 0.4) is 0 Å². The van der Waals surface area contributed by atoms with Crippen LogP contribution in [0.15, 0.2) is 0 Å². The average Bonchev–Trinajstić information content (AvgIpc) is 2.09. The van der Waals surface area contributed by atoms with Gasteiger partial charge in [0.25, 0.3) is 0 Å². The number of nitrogens with zero attached hydrogens (tertiary/aromatic N) is 1. The third-order valence-corrected chi connectivity index (χ3v) is 2.46. The molecule has 0 aromatic heterocycles. The van der Waals surface area contributed by atoms with E-state index in [0.717, 1.165) is 0 Å². The molecule has 0 saturated carbocycles. The molecular weight excluding hydrogens is 174 g/mol. The maximum absolute atomic E-state index is 2.27. The molecule has 0 aliphatic rings. The first-order valence-electron chi connectivity index (χ1n) is 5.92. The lowest BCUT2D eigenvalue weighted by Crippen LogP contribution is -2.12. The van der Waals surface area contributed by atoms with Gasteiger partial charge in [0.05, 0.1) is 0 Å². The minimum atomic E-state index is 0. The molecule has 0 saturated heterocycles. The molecule has 0 rings (SSSR count). The van der Waals surface area contributed by atoms with Gasteiger partial charge in [0, 0.05) is 0 Å². The van der Waals surface area contributed by atoms with Crippen molar-refractivity contribution in [2.24, 2.45) is 0 Å². The van der Waals surface area contributed by atoms with E-state index in [2.05, 4.69) is 25.9 Å². The first kappa shape index (κ1) is 16.4. The highest BCUT2D eigenvalue weighted by atomic mass is 16.0. The van der Waals surface area contributed by atoms with Gasteiger partial charge < -0.3 is 10.4 Å². The van der Waals surface area contributed by atoms with Crippen LogP contribution in [0.5, 0.6) is 0 Å². The van der Waals surface area contributed by atoms with Gasteiger partial charge in [-0.05, 0) is 27.1 Å². The van der Waals surface area contributed by atoms with E-state index in [1.807, 2.05) is 0 Å². The Bertz CT molecular complexity index is 94.3. The van der Waals surface area contributed by atoms with Crippen molar-refractivity contribution in [1.29, 1.82) is 0 Å². The average molecular weight is 203 g/mol. The van der Waals surface area contributed by atoms with E-state index in [-0.39, 0.29) is 5.48 Å². The number of hydrogen-bond donors (Lipinski definition) is 0. The van der Waals surface area contributed by atoms with Crippen molar-refractivity contribution >= 4 is 0 Å². The molecule has 0 spiro atoms. The van der Waals surface area contributed by atoms with E-state index in [1.54, 1.807) is 0 Å². The summed E-state index contributed by atoms with van der Waals surface area (Å²) in [5.41, 5.74) is 0. The molecule has 0 radical (unpaired) electrons. The summed E-state index contributed by atoms with van der Waals surface area (Å²) in [7, 11) is 4.31. The van der Waals surface area contributed by atoms with Crippen molar-refractivity contribution in [3.05, 3.63) is 0 Å². The van der Waals surface area contributed by atoms with E-state index in [0.29, 0.717) is 0 Å². The monoisotopic (exact) mass is 203 g/mol. The zero-order valence-electron chi connectivity index (χ0n) is 10.3. The summed E-state index contributed by atoms with van der Waals surface area (Å²) >= 11 is 0. The summed E-state index contributed by atoms with van der Waals surface area (Å²) in [4.78, 5) is 2.27. The molecule has 0 heterocycles. The summed E-state index contributed by atoms with van der Waals surface area (Å²) in [5.74, 6) is 0. The van der Waals surface area contributed by atoms with Gasteiger partial charge in [0.2, 0.25) is 0 Å². The second-order valence-corrected chi connectivity index (χ2v) is 4.28. The molecule has 0 bridgehead atoms. The number of hydrogen-bond acceptors (Lipinski definition) is 1. The fourth-order valence-corrected chi connectivity index (χ4v) is 1.56. The van der Waals surface area contributed by atoms with Crippen LogP contribution in [0.2, 0.25) is 0 Å². The molecule has 0 fully saturated rings. The van der Waals surface area contributed by atoms with E-state index < -0.39 is 0 Å². The molecule has 14 heavy (non-hydrogen) atoms. The Hall–Kier alpha value is -0.0800. The first-order valence-corrected chi connectivity index (χ1v) is 5.92. The van der Waals surface area contributed by atoms with Crippen LogP contribution < -0.4 is 0 Å². The van der Waals surface area contributed by atoms with E-state index in [1.165, 1.54) is 57.9 Å². The molecular formula is C12H29NO. The molecule has 0 aromatic rings. The quantitative estimate of drug-likeness (QED) is 0.531. The molecule has 0 unspecified atom stereocenters. The van der Waals surface area contributed by atoms with Gasteiger partial charge in [-0.2, -0.15) is 0 Å². The maximum Gasteiger partial charge on any atom is -0.00248 e. The lowest BCUT2D eigenvalue weighted by molar-refractivity contribution is 0.389. The van der Waals surface area contributed by atoms with Crippen molar-refractivity contribution in [1.82, 2.24) is 4.90 Å². The van der Waals surface area contributed by atoms with Crippen LogP contribution >= 0.6 is 0 Å². The van der Waals surface area contributed by atoms with Gasteiger partial charge in [-0.25, -0.2) is 0 Å². The summed E-state index contributed by atoms with van der Waals surface area (Å²) in [6.07, 6.45) is 11.4. The topological polar surface area (TPSA) is 34.7 Å². The Morgan fingerprint density at radius 1 is 0.714 bits per heavy atom. The molecule has 2 N–H and O–H groups in total. The highest BCUT2D eigenvalue weighted by Crippen LogP contribution is 2.08. The maximum atomic E-state index is 2.27. The van der Waals surface area contributed by atoms with Gasteiger partial charge in [0.1, 0.15) is 0 Å². The normalized spacial score (nSPS) is 10.3. The molecule has 0 aromatic carbocycles. The summed E-state index contributed by atoms with van der Waals surface area (Å²) in [6, 6.07) is 0. The van der Waals surface area contributed by atoms with Crippen LogP contribution in [0.4, 0.5) is 0 Å². The lowest BCUT2D eigenvalue weighted by atomic mass is 10.1. The second-order valence-electron chi connectivity index (χ2n) is 4.28. The van der Waals surface area contributed by atoms with Crippen molar-refractivity contribution in [2.75, 3.05) is 20.6 Å². The molecule has 88 valence electrons. The van der Waals surface area contributed by atoms with Gasteiger partial charge in [-0.3, -0.25) is 0 Å². The summed E-state index contributed by atoms with van der Waals surface area (Å²) in [6.45, 7) is 3.53. The Morgan fingerprint density at radius 3 is 1.57 bits per heavy atom. The smallest absolute Gasteiger partial charge is 0.00248 e. The predicted molar refractivity (Wildman–Crippen MR) is 64.8 cm³/mol. The molecule has 0 aliphatic heterocycles. The Morgan fingerprint density at radius 2 is 1.14 bits per heavy atom. The van der Waals surface area contributed by atoms with E-state index >= 15 is 0 Å². The van der Waals surface area contributed by atoms with Crippen molar-refractivity contribution in [3.8, 4) is 0 Å². The zero-order chi connectivity index (χ0) is 9.94. The zero-order valence-corrected chi connectivity index (χ0v) is 10.3. The molecule has 0 amide bonds. The summed E-state index contributed by atoms with van der Waals surface area (Å²) in [5, 5.41) is 0. The van der Waals surface area contributed by atoms with E-state index in [4.69, 9.17) is 0 Å². The van der Waals surface area contributed by atoms with E-state index in [9.17, 15) is 0 Å². The Kier molecular flexibility index (Phi) is 15.1. The minimum Gasteiger partial charge on any atom is -0.412 e. The number of rotatable bonds is 9.